The minimum absolute atomic E-state index is 0.0410. The maximum Gasteiger partial charge on any atom is 0.235 e. The van der Waals surface area contributed by atoms with Crippen molar-refractivity contribution < 1.29 is 4.79 Å². The van der Waals surface area contributed by atoms with Crippen LogP contribution in [-0.4, -0.2) is 16.4 Å². The first-order valence-electron chi connectivity index (χ1n) is 6.21. The Morgan fingerprint density at radius 1 is 1.65 bits per heavy atom. The van der Waals surface area contributed by atoms with Crippen LogP contribution >= 0.6 is 11.6 Å². The third kappa shape index (κ3) is 2.34. The third-order valence-electron chi connectivity index (χ3n) is 3.50. The molecule has 1 atom stereocenters. The lowest BCUT2D eigenvalue weighted by Crippen LogP contribution is -2.31. The summed E-state index contributed by atoms with van der Waals surface area (Å²) in [5, 5.41) is 3.01. The van der Waals surface area contributed by atoms with Crippen LogP contribution in [0.3, 0.4) is 0 Å². The molecule has 0 bridgehead atoms. The molecule has 1 aliphatic carbocycles. The molecule has 94 valence electrons. The van der Waals surface area contributed by atoms with Crippen molar-refractivity contribution >= 4 is 17.5 Å². The molecule has 1 aromatic heterocycles. The van der Waals surface area contributed by atoms with E-state index in [1.807, 2.05) is 0 Å². The van der Waals surface area contributed by atoms with Gasteiger partial charge < -0.3 is 9.88 Å². The summed E-state index contributed by atoms with van der Waals surface area (Å²) >= 11 is 5.54. The van der Waals surface area contributed by atoms with Crippen LogP contribution in [0.1, 0.15) is 42.8 Å². The minimum Gasteiger partial charge on any atom is -0.349 e. The van der Waals surface area contributed by atoms with Gasteiger partial charge >= 0.3 is 0 Å². The van der Waals surface area contributed by atoms with Crippen LogP contribution in [0.2, 0.25) is 0 Å². The van der Waals surface area contributed by atoms with Gasteiger partial charge in [0.2, 0.25) is 5.91 Å². The zero-order valence-corrected chi connectivity index (χ0v) is 11.2. The van der Waals surface area contributed by atoms with Crippen LogP contribution in [0, 0.1) is 6.92 Å². The largest absolute Gasteiger partial charge is 0.349 e. The number of aromatic nitrogens is 1. The van der Waals surface area contributed by atoms with E-state index in [0.29, 0.717) is 0 Å². The normalized spacial score (nSPS) is 18.9. The number of carbonyl (C=O) groups is 1. The summed E-state index contributed by atoms with van der Waals surface area (Å²) < 4.78 is 2.34. The van der Waals surface area contributed by atoms with Crippen molar-refractivity contribution in [3.63, 3.8) is 0 Å². The standard InChI is InChI=1S/C13H19ClN2O/c1-3-16-9(2)7-10-11(15-13(17)8-14)5-4-6-12(10)16/h7,11H,3-6,8H2,1-2H3,(H,15,17). The molecule has 0 saturated carbocycles. The Bertz CT molecular complexity index is 425. The highest BCUT2D eigenvalue weighted by molar-refractivity contribution is 6.27. The van der Waals surface area contributed by atoms with Crippen molar-refractivity contribution in [2.75, 3.05) is 5.88 Å². The Kier molecular flexibility index (Phi) is 3.77. The predicted octanol–water partition coefficient (Wildman–Crippen LogP) is 2.55. The van der Waals surface area contributed by atoms with Gasteiger partial charge in [0, 0.05) is 17.9 Å². The van der Waals surface area contributed by atoms with E-state index in [0.717, 1.165) is 25.8 Å². The van der Waals surface area contributed by atoms with E-state index in [1.54, 1.807) is 0 Å². The number of hydrogen-bond acceptors (Lipinski definition) is 1. The highest BCUT2D eigenvalue weighted by atomic mass is 35.5. The Balaban J connectivity index is 2.28. The molecule has 3 nitrogen and oxygen atoms in total. The zero-order valence-electron chi connectivity index (χ0n) is 10.4. The van der Waals surface area contributed by atoms with Crippen molar-refractivity contribution in [2.24, 2.45) is 0 Å². The Labute approximate surface area is 107 Å². The van der Waals surface area contributed by atoms with Gasteiger partial charge in [0.05, 0.1) is 6.04 Å². The number of nitrogens with one attached hydrogen (secondary N) is 1. The quantitative estimate of drug-likeness (QED) is 0.827. The summed E-state index contributed by atoms with van der Waals surface area (Å²) in [6.07, 6.45) is 3.26. The monoisotopic (exact) mass is 254 g/mol. The van der Waals surface area contributed by atoms with Crippen LogP contribution in [-0.2, 0) is 17.8 Å². The van der Waals surface area contributed by atoms with Crippen molar-refractivity contribution in [1.82, 2.24) is 9.88 Å². The number of fused-ring (bicyclic) bond motifs is 1. The van der Waals surface area contributed by atoms with Gasteiger partial charge in [-0.05, 0) is 44.7 Å². The van der Waals surface area contributed by atoms with Gasteiger partial charge in [0.15, 0.2) is 0 Å². The van der Waals surface area contributed by atoms with Gasteiger partial charge in [-0.3, -0.25) is 4.79 Å². The lowest BCUT2D eigenvalue weighted by Gasteiger charge is -2.24. The Morgan fingerprint density at radius 3 is 3.06 bits per heavy atom. The lowest BCUT2D eigenvalue weighted by molar-refractivity contribution is -0.119. The van der Waals surface area contributed by atoms with Crippen molar-refractivity contribution in [3.05, 3.63) is 23.0 Å². The molecule has 1 unspecified atom stereocenters. The molecule has 1 aliphatic rings. The van der Waals surface area contributed by atoms with Crippen molar-refractivity contribution in [3.8, 4) is 0 Å². The Hall–Kier alpha value is -0.960. The molecule has 4 heteroatoms. The molecule has 0 aliphatic heterocycles. The van der Waals surface area contributed by atoms with E-state index in [2.05, 4.69) is 29.8 Å². The van der Waals surface area contributed by atoms with Gasteiger partial charge in [0.25, 0.3) is 0 Å². The molecule has 17 heavy (non-hydrogen) atoms. The van der Waals surface area contributed by atoms with E-state index >= 15 is 0 Å². The number of carbonyl (C=O) groups excluding carboxylic acids is 1. The molecule has 1 heterocycles. The Morgan fingerprint density at radius 2 is 2.41 bits per heavy atom. The van der Waals surface area contributed by atoms with Crippen LogP contribution in [0.4, 0.5) is 0 Å². The second-order valence-electron chi connectivity index (χ2n) is 4.58. The van der Waals surface area contributed by atoms with E-state index in [1.165, 1.54) is 17.0 Å². The second kappa shape index (κ2) is 5.13. The molecule has 2 rings (SSSR count). The van der Waals surface area contributed by atoms with E-state index in [-0.39, 0.29) is 17.8 Å². The van der Waals surface area contributed by atoms with Gasteiger partial charge in [-0.15, -0.1) is 11.6 Å². The lowest BCUT2D eigenvalue weighted by atomic mass is 9.92. The summed E-state index contributed by atoms with van der Waals surface area (Å²) in [7, 11) is 0. The predicted molar refractivity (Wildman–Crippen MR) is 69.4 cm³/mol. The number of nitrogens with zero attached hydrogens (tertiary/aromatic N) is 1. The number of aryl methyl sites for hydroxylation is 1. The first kappa shape index (κ1) is 12.5. The summed E-state index contributed by atoms with van der Waals surface area (Å²) in [6.45, 7) is 5.29. The van der Waals surface area contributed by atoms with E-state index in [4.69, 9.17) is 11.6 Å². The fourth-order valence-corrected chi connectivity index (χ4v) is 2.87. The average molecular weight is 255 g/mol. The molecule has 1 aromatic rings. The van der Waals surface area contributed by atoms with Crippen LogP contribution in [0.15, 0.2) is 6.07 Å². The van der Waals surface area contributed by atoms with Crippen LogP contribution < -0.4 is 5.32 Å². The number of amides is 1. The smallest absolute Gasteiger partial charge is 0.235 e. The highest BCUT2D eigenvalue weighted by Gasteiger charge is 2.25. The molecular weight excluding hydrogens is 236 g/mol. The van der Waals surface area contributed by atoms with E-state index < -0.39 is 0 Å². The topological polar surface area (TPSA) is 34.0 Å². The maximum atomic E-state index is 11.4. The minimum atomic E-state index is -0.0774. The first-order chi connectivity index (χ1) is 8.17. The van der Waals surface area contributed by atoms with Crippen molar-refractivity contribution in [2.45, 2.75) is 45.7 Å². The average Bonchev–Trinajstić information content (AvgIpc) is 2.65. The van der Waals surface area contributed by atoms with Crippen LogP contribution in [0.25, 0.3) is 0 Å². The summed E-state index contributed by atoms with van der Waals surface area (Å²) in [5.41, 5.74) is 3.95. The molecule has 0 spiro atoms. The molecule has 0 aromatic carbocycles. The van der Waals surface area contributed by atoms with Crippen LogP contribution in [0.5, 0.6) is 0 Å². The summed E-state index contributed by atoms with van der Waals surface area (Å²) in [5.74, 6) is -0.0364. The summed E-state index contributed by atoms with van der Waals surface area (Å²) in [4.78, 5) is 11.4. The zero-order chi connectivity index (χ0) is 12.4. The fraction of sp³-hybridized carbons (Fsp3) is 0.615. The molecule has 1 amide bonds. The number of alkyl halides is 1. The van der Waals surface area contributed by atoms with Gasteiger partial charge in [-0.2, -0.15) is 0 Å². The van der Waals surface area contributed by atoms with Gasteiger partial charge in [-0.25, -0.2) is 0 Å². The fourth-order valence-electron chi connectivity index (χ4n) is 2.79. The number of halogens is 1. The van der Waals surface area contributed by atoms with Gasteiger partial charge in [-0.1, -0.05) is 0 Å². The van der Waals surface area contributed by atoms with E-state index in [9.17, 15) is 4.79 Å². The first-order valence-corrected chi connectivity index (χ1v) is 6.75. The molecular formula is C13H19ClN2O. The highest BCUT2D eigenvalue weighted by Crippen LogP contribution is 2.32. The third-order valence-corrected chi connectivity index (χ3v) is 3.75. The molecule has 0 fully saturated rings. The second-order valence-corrected chi connectivity index (χ2v) is 4.85. The number of rotatable bonds is 3. The molecule has 0 radical (unpaired) electrons. The molecule has 0 saturated heterocycles. The molecule has 1 N–H and O–H groups in total. The van der Waals surface area contributed by atoms with Gasteiger partial charge in [0.1, 0.15) is 5.88 Å². The summed E-state index contributed by atoms with van der Waals surface area (Å²) in [6, 6.07) is 2.36. The maximum absolute atomic E-state index is 11.4. The van der Waals surface area contributed by atoms with Crippen molar-refractivity contribution in [1.29, 1.82) is 0 Å². The SMILES string of the molecule is CCn1c(C)cc2c1CCCC2NC(=O)CCl. The number of hydrogen-bond donors (Lipinski definition) is 1.